The molecule has 0 aliphatic carbocycles. The lowest BCUT2D eigenvalue weighted by Crippen LogP contribution is -2.13. The first-order valence-electron chi connectivity index (χ1n) is 7.67. The van der Waals surface area contributed by atoms with Gasteiger partial charge >= 0.3 is 0 Å². The zero-order chi connectivity index (χ0) is 16.9. The second kappa shape index (κ2) is 7.29. The monoisotopic (exact) mass is 337 g/mol. The molecule has 4 N–H and O–H groups in total. The number of amides is 1. The number of carbonyl (C=O) groups excluding carboxylic acids is 1. The van der Waals surface area contributed by atoms with Crippen molar-refractivity contribution in [3.05, 3.63) is 71.1 Å². The summed E-state index contributed by atoms with van der Waals surface area (Å²) in [7, 11) is 1.84. The Bertz CT molecular complexity index is 826. The Balaban J connectivity index is 1.87. The van der Waals surface area contributed by atoms with Gasteiger partial charge in [0.25, 0.3) is 5.91 Å². The van der Waals surface area contributed by atoms with Gasteiger partial charge in [0, 0.05) is 24.0 Å². The van der Waals surface area contributed by atoms with Gasteiger partial charge in [0.2, 0.25) is 0 Å². The lowest BCUT2D eigenvalue weighted by atomic mass is 10.1. The second-order valence-electron chi connectivity index (χ2n) is 5.34. The van der Waals surface area contributed by atoms with E-state index in [2.05, 4.69) is 16.7 Å². The fourth-order valence-electron chi connectivity index (χ4n) is 2.45. The van der Waals surface area contributed by atoms with Crippen LogP contribution in [0.15, 0.2) is 60.0 Å². The minimum absolute atomic E-state index is 0.140. The van der Waals surface area contributed by atoms with Crippen LogP contribution in [0.4, 0.5) is 11.4 Å². The van der Waals surface area contributed by atoms with E-state index in [0.717, 1.165) is 22.5 Å². The molecule has 0 atom stereocenters. The number of thiophene rings is 1. The zero-order valence-corrected chi connectivity index (χ0v) is 14.2. The lowest BCUT2D eigenvalue weighted by molar-refractivity contribution is 0.102. The van der Waals surface area contributed by atoms with E-state index in [0.29, 0.717) is 12.1 Å². The fourth-order valence-corrected chi connectivity index (χ4v) is 3.17. The third-order valence-corrected chi connectivity index (χ3v) is 4.71. The molecule has 0 unspecified atom stereocenters. The number of hydrogen-bond acceptors (Lipinski definition) is 4. The van der Waals surface area contributed by atoms with Crippen LogP contribution in [0.1, 0.15) is 15.9 Å². The summed E-state index contributed by atoms with van der Waals surface area (Å²) in [5, 5.41) is 8.15. The van der Waals surface area contributed by atoms with Gasteiger partial charge in [-0.05, 0) is 46.8 Å². The highest BCUT2D eigenvalue weighted by molar-refractivity contribution is 7.13. The Labute approximate surface area is 145 Å². The van der Waals surface area contributed by atoms with Crippen molar-refractivity contribution in [1.82, 2.24) is 0 Å². The number of carbonyl (C=O) groups is 1. The van der Waals surface area contributed by atoms with Crippen LogP contribution in [-0.4, -0.2) is 13.0 Å². The van der Waals surface area contributed by atoms with Crippen LogP contribution < -0.4 is 16.4 Å². The van der Waals surface area contributed by atoms with Gasteiger partial charge in [0.15, 0.2) is 0 Å². The van der Waals surface area contributed by atoms with E-state index in [-0.39, 0.29) is 5.91 Å². The zero-order valence-electron chi connectivity index (χ0n) is 13.4. The van der Waals surface area contributed by atoms with Gasteiger partial charge in [0.1, 0.15) is 0 Å². The van der Waals surface area contributed by atoms with Crippen molar-refractivity contribution in [2.45, 2.75) is 6.54 Å². The average Bonchev–Trinajstić information content (AvgIpc) is 3.16. The average molecular weight is 337 g/mol. The van der Waals surface area contributed by atoms with Crippen molar-refractivity contribution < 1.29 is 4.79 Å². The summed E-state index contributed by atoms with van der Waals surface area (Å²) >= 11 is 1.67. The fraction of sp³-hybridized carbons (Fsp3) is 0.105. The van der Waals surface area contributed by atoms with E-state index in [1.54, 1.807) is 23.5 Å². The molecular weight excluding hydrogens is 318 g/mol. The molecule has 24 heavy (non-hydrogen) atoms. The minimum atomic E-state index is -0.140. The third kappa shape index (κ3) is 3.48. The molecule has 0 fully saturated rings. The predicted molar refractivity (Wildman–Crippen MR) is 102 cm³/mol. The van der Waals surface area contributed by atoms with Crippen LogP contribution in [-0.2, 0) is 6.54 Å². The maximum atomic E-state index is 12.5. The standard InChI is InChI=1S/C19H19N3OS/c1-21-16-9-8-15(18-3-2-10-24-18)11-17(16)22-19(23)14-6-4-13(12-20)5-7-14/h2-11,21H,12,20H2,1H3,(H,22,23). The summed E-state index contributed by atoms with van der Waals surface area (Å²) in [5.41, 5.74) is 9.92. The molecule has 0 saturated carbocycles. The van der Waals surface area contributed by atoms with E-state index in [9.17, 15) is 4.79 Å². The Morgan fingerprint density at radius 2 is 1.88 bits per heavy atom. The van der Waals surface area contributed by atoms with Gasteiger partial charge < -0.3 is 16.4 Å². The summed E-state index contributed by atoms with van der Waals surface area (Å²) < 4.78 is 0. The van der Waals surface area contributed by atoms with Crippen molar-refractivity contribution in [3.8, 4) is 10.4 Å². The van der Waals surface area contributed by atoms with E-state index >= 15 is 0 Å². The molecule has 0 saturated heterocycles. The molecule has 0 bridgehead atoms. The maximum Gasteiger partial charge on any atom is 0.255 e. The molecule has 1 heterocycles. The smallest absolute Gasteiger partial charge is 0.255 e. The highest BCUT2D eigenvalue weighted by Crippen LogP contribution is 2.31. The van der Waals surface area contributed by atoms with Gasteiger partial charge in [-0.3, -0.25) is 4.79 Å². The second-order valence-corrected chi connectivity index (χ2v) is 6.29. The topological polar surface area (TPSA) is 67.1 Å². The molecule has 122 valence electrons. The predicted octanol–water partition coefficient (Wildman–Crippen LogP) is 4.17. The lowest BCUT2D eigenvalue weighted by Gasteiger charge is -2.13. The van der Waals surface area contributed by atoms with E-state index in [1.807, 2.05) is 48.8 Å². The normalized spacial score (nSPS) is 10.4. The number of benzene rings is 2. The maximum absolute atomic E-state index is 12.5. The van der Waals surface area contributed by atoms with Crippen LogP contribution in [0, 0.1) is 0 Å². The molecule has 1 aromatic heterocycles. The van der Waals surface area contributed by atoms with Gasteiger partial charge in [-0.25, -0.2) is 0 Å². The largest absolute Gasteiger partial charge is 0.386 e. The molecule has 3 rings (SSSR count). The first kappa shape index (κ1) is 16.2. The van der Waals surface area contributed by atoms with Crippen molar-refractivity contribution in [2.75, 3.05) is 17.7 Å². The van der Waals surface area contributed by atoms with Gasteiger partial charge in [-0.2, -0.15) is 0 Å². The Hall–Kier alpha value is -2.63. The van der Waals surface area contributed by atoms with E-state index in [4.69, 9.17) is 5.73 Å². The Morgan fingerprint density at radius 1 is 1.08 bits per heavy atom. The molecule has 1 amide bonds. The first-order valence-corrected chi connectivity index (χ1v) is 8.55. The summed E-state index contributed by atoms with van der Waals surface area (Å²) in [6, 6.07) is 17.4. The number of anilines is 2. The molecule has 0 radical (unpaired) electrons. The molecule has 0 spiro atoms. The number of nitrogens with one attached hydrogen (secondary N) is 2. The third-order valence-electron chi connectivity index (χ3n) is 3.79. The van der Waals surface area contributed by atoms with Crippen LogP contribution in [0.3, 0.4) is 0 Å². The van der Waals surface area contributed by atoms with Crippen LogP contribution in [0.5, 0.6) is 0 Å². The van der Waals surface area contributed by atoms with Crippen molar-refractivity contribution in [1.29, 1.82) is 0 Å². The van der Waals surface area contributed by atoms with Crippen LogP contribution in [0.2, 0.25) is 0 Å². The number of nitrogens with two attached hydrogens (primary N) is 1. The van der Waals surface area contributed by atoms with Gasteiger partial charge in [-0.1, -0.05) is 24.3 Å². The quantitative estimate of drug-likeness (QED) is 0.654. The number of hydrogen-bond donors (Lipinski definition) is 3. The Morgan fingerprint density at radius 3 is 2.50 bits per heavy atom. The Kier molecular flexibility index (Phi) is 4.93. The van der Waals surface area contributed by atoms with Crippen molar-refractivity contribution >= 4 is 28.6 Å². The SMILES string of the molecule is CNc1ccc(-c2cccs2)cc1NC(=O)c1ccc(CN)cc1. The van der Waals surface area contributed by atoms with Gasteiger partial charge in [-0.15, -0.1) is 11.3 Å². The molecule has 2 aromatic carbocycles. The van der Waals surface area contributed by atoms with E-state index in [1.165, 1.54) is 4.88 Å². The van der Waals surface area contributed by atoms with Crippen LogP contribution in [0.25, 0.3) is 10.4 Å². The van der Waals surface area contributed by atoms with Crippen molar-refractivity contribution in [2.24, 2.45) is 5.73 Å². The minimum Gasteiger partial charge on any atom is -0.386 e. The molecule has 3 aromatic rings. The summed E-state index contributed by atoms with van der Waals surface area (Å²) in [4.78, 5) is 13.7. The molecular formula is C19H19N3OS. The van der Waals surface area contributed by atoms with Crippen molar-refractivity contribution in [3.63, 3.8) is 0 Å². The van der Waals surface area contributed by atoms with Gasteiger partial charge in [0.05, 0.1) is 11.4 Å². The molecule has 0 aliphatic heterocycles. The summed E-state index contributed by atoms with van der Waals surface area (Å²) in [6.45, 7) is 0.467. The molecule has 4 nitrogen and oxygen atoms in total. The highest BCUT2D eigenvalue weighted by atomic mass is 32.1. The molecule has 5 heteroatoms. The van der Waals surface area contributed by atoms with E-state index < -0.39 is 0 Å². The number of rotatable bonds is 5. The highest BCUT2D eigenvalue weighted by Gasteiger charge is 2.10. The molecule has 0 aliphatic rings. The summed E-state index contributed by atoms with van der Waals surface area (Å²) in [6.07, 6.45) is 0. The summed E-state index contributed by atoms with van der Waals surface area (Å²) in [5.74, 6) is -0.140. The van der Waals surface area contributed by atoms with Crippen LogP contribution >= 0.6 is 11.3 Å². The first-order chi connectivity index (χ1) is 11.7.